The molecule has 0 saturated carbocycles. The molecule has 0 saturated heterocycles. The molecule has 0 unspecified atom stereocenters. The van der Waals surface area contributed by atoms with E-state index in [0.29, 0.717) is 0 Å². The molecule has 3 rings (SSSR count). The molecular formula is C18H17NO4S. The Labute approximate surface area is 140 Å². The predicted molar refractivity (Wildman–Crippen MR) is 90.8 cm³/mol. The van der Waals surface area contributed by atoms with Crippen molar-refractivity contribution in [3.63, 3.8) is 0 Å². The lowest BCUT2D eigenvalue weighted by molar-refractivity contribution is -0.132. The zero-order chi connectivity index (χ0) is 17.3. The number of hydrogen-bond acceptors (Lipinski definition) is 3. The van der Waals surface area contributed by atoms with Gasteiger partial charge in [0.1, 0.15) is 0 Å². The molecule has 0 radical (unpaired) electrons. The van der Waals surface area contributed by atoms with E-state index in [0.717, 1.165) is 16.7 Å². The first-order valence-electron chi connectivity index (χ1n) is 7.46. The van der Waals surface area contributed by atoms with Crippen molar-refractivity contribution < 1.29 is 18.3 Å². The molecule has 0 bridgehead atoms. The smallest absolute Gasteiger partial charge is 0.332 e. The summed E-state index contributed by atoms with van der Waals surface area (Å²) in [5.41, 5.74) is 2.53. The Morgan fingerprint density at radius 1 is 1.04 bits per heavy atom. The number of sulfonamides is 1. The van der Waals surface area contributed by atoms with Gasteiger partial charge in [0.05, 0.1) is 10.5 Å². The molecule has 124 valence electrons. The van der Waals surface area contributed by atoms with Crippen molar-refractivity contribution in [2.24, 2.45) is 0 Å². The summed E-state index contributed by atoms with van der Waals surface area (Å²) in [6.45, 7) is 1.85. The third kappa shape index (κ3) is 3.11. The Balaban J connectivity index is 2.07. The van der Waals surface area contributed by atoms with E-state index in [2.05, 4.69) is 0 Å². The monoisotopic (exact) mass is 343 g/mol. The predicted octanol–water partition coefficient (Wildman–Crippen LogP) is 2.67. The molecule has 1 aliphatic heterocycles. The fraction of sp³-hybridized carbons (Fsp3) is 0.167. The van der Waals surface area contributed by atoms with Crippen molar-refractivity contribution in [3.8, 4) is 0 Å². The minimum atomic E-state index is -3.78. The molecule has 1 heterocycles. The van der Waals surface area contributed by atoms with Gasteiger partial charge in [-0.2, -0.15) is 4.31 Å². The van der Waals surface area contributed by atoms with Crippen LogP contribution in [0.4, 0.5) is 0 Å². The fourth-order valence-electron chi connectivity index (χ4n) is 2.65. The van der Waals surface area contributed by atoms with Crippen LogP contribution in [-0.4, -0.2) is 30.3 Å². The summed E-state index contributed by atoms with van der Waals surface area (Å²) in [6.07, 6.45) is 1.54. The molecule has 6 heteroatoms. The normalized spacial score (nSPS) is 15.3. The van der Waals surface area contributed by atoms with Crippen molar-refractivity contribution >= 4 is 22.1 Å². The molecule has 0 amide bonds. The van der Waals surface area contributed by atoms with Gasteiger partial charge in [-0.3, -0.25) is 0 Å². The minimum Gasteiger partial charge on any atom is -0.478 e. The second-order valence-electron chi connectivity index (χ2n) is 5.76. The first-order valence-corrected chi connectivity index (χ1v) is 8.90. The highest BCUT2D eigenvalue weighted by Crippen LogP contribution is 2.26. The summed E-state index contributed by atoms with van der Waals surface area (Å²) in [4.78, 5) is 11.6. The lowest BCUT2D eigenvalue weighted by Crippen LogP contribution is -2.33. The van der Waals surface area contributed by atoms with Crippen LogP contribution in [0, 0.1) is 6.92 Å². The van der Waals surface area contributed by atoms with Crippen molar-refractivity contribution in [1.82, 2.24) is 4.31 Å². The first-order chi connectivity index (χ1) is 11.4. The van der Waals surface area contributed by atoms with Crippen LogP contribution in [0.5, 0.6) is 0 Å². The molecule has 2 aromatic rings. The summed E-state index contributed by atoms with van der Waals surface area (Å²) in [7, 11) is -3.78. The van der Waals surface area contributed by atoms with Crippen LogP contribution >= 0.6 is 0 Å². The maximum absolute atomic E-state index is 12.9. The number of hydrogen-bond donors (Lipinski definition) is 1. The van der Waals surface area contributed by atoms with Crippen molar-refractivity contribution in [3.05, 3.63) is 70.8 Å². The summed E-state index contributed by atoms with van der Waals surface area (Å²) in [5.74, 6) is -1.11. The second kappa shape index (κ2) is 6.22. The van der Waals surface area contributed by atoms with E-state index in [1.807, 2.05) is 19.1 Å². The Kier molecular flexibility index (Phi) is 4.26. The molecule has 0 atom stereocenters. The summed E-state index contributed by atoms with van der Waals surface area (Å²) in [5, 5.41) is 9.39. The molecule has 1 aliphatic rings. The Bertz CT molecular complexity index is 914. The molecule has 2 aromatic carbocycles. The van der Waals surface area contributed by atoms with E-state index >= 15 is 0 Å². The molecule has 0 aliphatic carbocycles. The largest absolute Gasteiger partial charge is 0.478 e. The van der Waals surface area contributed by atoms with Gasteiger partial charge >= 0.3 is 5.97 Å². The average molecular weight is 343 g/mol. The molecule has 0 spiro atoms. The number of aliphatic carboxylic acids is 1. The maximum Gasteiger partial charge on any atom is 0.332 e. The number of benzene rings is 2. The SMILES string of the molecule is Cc1ccc(S(=O)(=O)N2CC(C(=O)O)=Cc3ccccc3C2)cc1. The standard InChI is InChI=1S/C18H17NO4S/c1-13-6-8-17(9-7-13)24(22,23)19-11-15-5-3-2-4-14(15)10-16(12-19)18(20)21/h2-10H,11-12H2,1H3,(H,20,21). The van der Waals surface area contributed by atoms with Gasteiger partial charge in [-0.15, -0.1) is 0 Å². The highest BCUT2D eigenvalue weighted by molar-refractivity contribution is 7.89. The third-order valence-electron chi connectivity index (χ3n) is 4.01. The number of fused-ring (bicyclic) bond motifs is 1. The minimum absolute atomic E-state index is 0.0515. The molecule has 24 heavy (non-hydrogen) atoms. The third-order valence-corrected chi connectivity index (χ3v) is 5.82. The first kappa shape index (κ1) is 16.4. The van der Waals surface area contributed by atoms with Gasteiger partial charge in [0.15, 0.2) is 0 Å². The zero-order valence-electron chi connectivity index (χ0n) is 13.1. The lowest BCUT2D eigenvalue weighted by atomic mass is 10.1. The Morgan fingerprint density at radius 2 is 1.71 bits per heavy atom. The van der Waals surface area contributed by atoms with Gasteiger partial charge < -0.3 is 5.11 Å². The highest BCUT2D eigenvalue weighted by Gasteiger charge is 2.29. The number of aryl methyl sites for hydroxylation is 1. The van der Waals surface area contributed by atoms with Gasteiger partial charge in [0.2, 0.25) is 10.0 Å². The van der Waals surface area contributed by atoms with Crippen LogP contribution in [0.2, 0.25) is 0 Å². The quantitative estimate of drug-likeness (QED) is 0.930. The van der Waals surface area contributed by atoms with Crippen molar-refractivity contribution in [1.29, 1.82) is 0 Å². The van der Waals surface area contributed by atoms with E-state index < -0.39 is 16.0 Å². The summed E-state index contributed by atoms with van der Waals surface area (Å²) < 4.78 is 27.1. The van der Waals surface area contributed by atoms with Gasteiger partial charge in [0, 0.05) is 13.1 Å². The van der Waals surface area contributed by atoms with Crippen LogP contribution in [-0.2, 0) is 21.4 Å². The van der Waals surface area contributed by atoms with E-state index in [4.69, 9.17) is 0 Å². The van der Waals surface area contributed by atoms with E-state index in [1.165, 1.54) is 4.31 Å². The van der Waals surface area contributed by atoms with Gasteiger partial charge in [-0.25, -0.2) is 13.2 Å². The number of carboxylic acids is 1. The summed E-state index contributed by atoms with van der Waals surface area (Å²) in [6, 6.07) is 13.8. The number of rotatable bonds is 3. The number of carbonyl (C=O) groups is 1. The van der Waals surface area contributed by atoms with Crippen LogP contribution in [0.15, 0.2) is 59.0 Å². The van der Waals surface area contributed by atoms with Crippen molar-refractivity contribution in [2.45, 2.75) is 18.4 Å². The van der Waals surface area contributed by atoms with E-state index in [-0.39, 0.29) is 23.6 Å². The van der Waals surface area contributed by atoms with Crippen molar-refractivity contribution in [2.75, 3.05) is 6.54 Å². The summed E-state index contributed by atoms with van der Waals surface area (Å²) >= 11 is 0. The fourth-order valence-corrected chi connectivity index (χ4v) is 4.04. The van der Waals surface area contributed by atoms with E-state index in [1.54, 1.807) is 42.5 Å². The van der Waals surface area contributed by atoms with Crippen LogP contribution in [0.3, 0.4) is 0 Å². The molecule has 0 aromatic heterocycles. The molecule has 1 N–H and O–H groups in total. The number of carboxylic acid groups (broad SMARTS) is 1. The second-order valence-corrected chi connectivity index (χ2v) is 7.70. The van der Waals surface area contributed by atoms with Crippen LogP contribution in [0.25, 0.3) is 6.08 Å². The maximum atomic E-state index is 12.9. The van der Waals surface area contributed by atoms with Crippen LogP contribution in [0.1, 0.15) is 16.7 Å². The molecule has 0 fully saturated rings. The Morgan fingerprint density at radius 3 is 2.38 bits per heavy atom. The van der Waals surface area contributed by atoms with E-state index in [9.17, 15) is 18.3 Å². The zero-order valence-corrected chi connectivity index (χ0v) is 14.0. The number of nitrogens with zero attached hydrogens (tertiary/aromatic N) is 1. The lowest BCUT2D eigenvalue weighted by Gasteiger charge is -2.21. The van der Waals surface area contributed by atoms with Gasteiger partial charge in [-0.05, 0) is 36.3 Å². The average Bonchev–Trinajstić information content (AvgIpc) is 2.75. The van der Waals surface area contributed by atoms with Gasteiger partial charge in [-0.1, -0.05) is 42.0 Å². The van der Waals surface area contributed by atoms with Crippen LogP contribution < -0.4 is 0 Å². The Hall–Kier alpha value is -2.44. The highest BCUT2D eigenvalue weighted by atomic mass is 32.2. The molecule has 5 nitrogen and oxygen atoms in total. The topological polar surface area (TPSA) is 74.7 Å². The molecular weight excluding hydrogens is 326 g/mol. The van der Waals surface area contributed by atoms with Gasteiger partial charge in [0.25, 0.3) is 0 Å².